The van der Waals surface area contributed by atoms with E-state index in [0.717, 1.165) is 25.7 Å². The van der Waals surface area contributed by atoms with Crippen LogP contribution in [0.1, 0.15) is 39.5 Å². The molecule has 0 aliphatic rings. The van der Waals surface area contributed by atoms with Crippen molar-refractivity contribution in [3.63, 3.8) is 0 Å². The van der Waals surface area contributed by atoms with Crippen LogP contribution in [-0.2, 0) is 0 Å². The zero-order valence-corrected chi connectivity index (χ0v) is 8.58. The number of nitrogens with zero attached hydrogens (tertiary/aromatic N) is 1. The molecule has 2 nitrogen and oxygen atoms in total. The van der Waals surface area contributed by atoms with Crippen LogP contribution in [0.25, 0.3) is 0 Å². The molecule has 2 heteroatoms. The van der Waals surface area contributed by atoms with Crippen LogP contribution in [0.4, 0.5) is 0 Å². The van der Waals surface area contributed by atoms with Crippen LogP contribution < -0.4 is 0 Å². The number of rotatable bonds is 6. The normalized spacial score (nSPS) is 14.6. The van der Waals surface area contributed by atoms with E-state index >= 15 is 0 Å². The smallest absolute Gasteiger partial charge is 0.0944 e. The van der Waals surface area contributed by atoms with Crippen molar-refractivity contribution in [1.29, 1.82) is 5.26 Å². The first-order valence-electron chi connectivity index (χ1n) is 4.90. The van der Waals surface area contributed by atoms with Crippen LogP contribution in [-0.4, -0.2) is 11.2 Å². The minimum atomic E-state index is -0.455. The van der Waals surface area contributed by atoms with E-state index in [1.54, 1.807) is 6.92 Å². The first-order valence-corrected chi connectivity index (χ1v) is 4.90. The molecule has 0 heterocycles. The Morgan fingerprint density at radius 1 is 1.54 bits per heavy atom. The molecule has 0 radical (unpaired) electrons. The number of aliphatic hydroxyl groups excluding tert-OH is 1. The van der Waals surface area contributed by atoms with Crippen LogP contribution in [0, 0.1) is 17.2 Å². The molecule has 0 saturated heterocycles. The molecule has 0 aromatic rings. The van der Waals surface area contributed by atoms with Crippen LogP contribution in [0.5, 0.6) is 0 Å². The largest absolute Gasteiger partial charge is 0.393 e. The van der Waals surface area contributed by atoms with Crippen molar-refractivity contribution in [3.8, 4) is 6.07 Å². The second kappa shape index (κ2) is 6.68. The fraction of sp³-hybridized carbons (Fsp3) is 0.727. The second-order valence-electron chi connectivity index (χ2n) is 3.48. The Morgan fingerprint density at radius 3 is 2.54 bits per heavy atom. The number of nitriles is 1. The van der Waals surface area contributed by atoms with E-state index in [9.17, 15) is 5.11 Å². The molecule has 1 N–H and O–H groups in total. The fourth-order valence-corrected chi connectivity index (χ4v) is 1.40. The van der Waals surface area contributed by atoms with Crippen molar-refractivity contribution in [3.05, 3.63) is 12.2 Å². The molecule has 0 fully saturated rings. The zero-order valence-electron chi connectivity index (χ0n) is 8.58. The Bertz CT molecular complexity index is 191. The van der Waals surface area contributed by atoms with Gasteiger partial charge in [-0.15, -0.1) is 0 Å². The van der Waals surface area contributed by atoms with Gasteiger partial charge in [-0.3, -0.25) is 0 Å². The van der Waals surface area contributed by atoms with E-state index in [4.69, 9.17) is 5.26 Å². The lowest BCUT2D eigenvalue weighted by Crippen LogP contribution is -2.18. The second-order valence-corrected chi connectivity index (χ2v) is 3.48. The molecule has 2 atom stereocenters. The molecule has 0 aliphatic heterocycles. The van der Waals surface area contributed by atoms with Crippen molar-refractivity contribution in [1.82, 2.24) is 0 Å². The van der Waals surface area contributed by atoms with Crippen molar-refractivity contribution in [2.45, 2.75) is 45.6 Å². The summed E-state index contributed by atoms with van der Waals surface area (Å²) in [7, 11) is 0. The molecule has 0 aromatic heterocycles. The van der Waals surface area contributed by atoms with Gasteiger partial charge in [0.1, 0.15) is 0 Å². The van der Waals surface area contributed by atoms with Crippen LogP contribution in [0.2, 0.25) is 0 Å². The molecule has 0 saturated carbocycles. The predicted octanol–water partition coefficient (Wildman–Crippen LogP) is 2.64. The topological polar surface area (TPSA) is 44.0 Å². The molecule has 2 unspecified atom stereocenters. The Morgan fingerprint density at radius 2 is 2.15 bits per heavy atom. The standard InChI is InChI=1S/C11H19NO/c1-4-5-6-7-11(10(3)13)9(2)8-12/h10-11,13H,2,4-7H2,1,3H3. The molecule has 74 valence electrons. The summed E-state index contributed by atoms with van der Waals surface area (Å²) in [5.41, 5.74) is 0.506. The molecule has 0 spiro atoms. The monoisotopic (exact) mass is 181 g/mol. The minimum absolute atomic E-state index is 0.0449. The molecule has 0 aliphatic carbocycles. The molecule has 0 aromatic carbocycles. The van der Waals surface area contributed by atoms with Gasteiger partial charge in [0.2, 0.25) is 0 Å². The average Bonchev–Trinajstić information content (AvgIpc) is 2.11. The third-order valence-electron chi connectivity index (χ3n) is 2.29. The Kier molecular flexibility index (Phi) is 6.26. The van der Waals surface area contributed by atoms with Gasteiger partial charge < -0.3 is 5.11 Å². The van der Waals surface area contributed by atoms with Crippen LogP contribution in [0.3, 0.4) is 0 Å². The van der Waals surface area contributed by atoms with Crippen LogP contribution in [0.15, 0.2) is 12.2 Å². The van der Waals surface area contributed by atoms with E-state index in [-0.39, 0.29) is 5.92 Å². The third kappa shape index (κ3) is 4.69. The summed E-state index contributed by atoms with van der Waals surface area (Å²) in [6.07, 6.45) is 3.79. The predicted molar refractivity (Wildman–Crippen MR) is 54.1 cm³/mol. The Hall–Kier alpha value is -0.810. The highest BCUT2D eigenvalue weighted by molar-refractivity contribution is 5.20. The summed E-state index contributed by atoms with van der Waals surface area (Å²) < 4.78 is 0. The number of unbranched alkanes of at least 4 members (excludes halogenated alkanes) is 2. The number of hydrogen-bond donors (Lipinski definition) is 1. The Balaban J connectivity index is 3.97. The van der Waals surface area contributed by atoms with Gasteiger partial charge in [0.25, 0.3) is 0 Å². The van der Waals surface area contributed by atoms with Gasteiger partial charge >= 0.3 is 0 Å². The van der Waals surface area contributed by atoms with Gasteiger partial charge in [-0.1, -0.05) is 32.8 Å². The van der Waals surface area contributed by atoms with E-state index < -0.39 is 6.10 Å². The summed E-state index contributed by atoms with van der Waals surface area (Å²) in [5.74, 6) is -0.0449. The summed E-state index contributed by atoms with van der Waals surface area (Å²) >= 11 is 0. The number of hydrogen-bond acceptors (Lipinski definition) is 2. The average molecular weight is 181 g/mol. The summed E-state index contributed by atoms with van der Waals surface area (Å²) in [6, 6.07) is 2.02. The zero-order chi connectivity index (χ0) is 10.3. The third-order valence-corrected chi connectivity index (χ3v) is 2.29. The summed E-state index contributed by atoms with van der Waals surface area (Å²) in [6.45, 7) is 7.51. The maximum Gasteiger partial charge on any atom is 0.0944 e. The lowest BCUT2D eigenvalue weighted by atomic mass is 9.90. The van der Waals surface area contributed by atoms with Gasteiger partial charge in [-0.2, -0.15) is 5.26 Å². The summed E-state index contributed by atoms with van der Waals surface area (Å²) in [4.78, 5) is 0. The van der Waals surface area contributed by atoms with Gasteiger partial charge in [-0.05, 0) is 13.3 Å². The fourth-order valence-electron chi connectivity index (χ4n) is 1.40. The lowest BCUT2D eigenvalue weighted by molar-refractivity contribution is 0.139. The number of aliphatic hydroxyl groups is 1. The van der Waals surface area contributed by atoms with Crippen LogP contribution >= 0.6 is 0 Å². The van der Waals surface area contributed by atoms with Crippen molar-refractivity contribution in [2.75, 3.05) is 0 Å². The molecular formula is C11H19NO. The van der Waals surface area contributed by atoms with Crippen molar-refractivity contribution < 1.29 is 5.11 Å². The highest BCUT2D eigenvalue weighted by atomic mass is 16.3. The van der Waals surface area contributed by atoms with E-state index in [2.05, 4.69) is 13.5 Å². The van der Waals surface area contributed by atoms with E-state index in [1.165, 1.54) is 0 Å². The highest BCUT2D eigenvalue weighted by Crippen LogP contribution is 2.20. The highest BCUT2D eigenvalue weighted by Gasteiger charge is 2.17. The molecular weight excluding hydrogens is 162 g/mol. The van der Waals surface area contributed by atoms with Gasteiger partial charge in [0.05, 0.1) is 12.2 Å². The molecule has 0 rings (SSSR count). The Labute approximate surface area is 80.9 Å². The summed E-state index contributed by atoms with van der Waals surface area (Å²) in [5, 5.41) is 18.1. The first-order chi connectivity index (χ1) is 6.13. The molecule has 13 heavy (non-hydrogen) atoms. The lowest BCUT2D eigenvalue weighted by Gasteiger charge is -2.17. The van der Waals surface area contributed by atoms with E-state index in [0.29, 0.717) is 5.57 Å². The van der Waals surface area contributed by atoms with E-state index in [1.807, 2.05) is 6.07 Å². The molecule has 0 amide bonds. The van der Waals surface area contributed by atoms with Gasteiger partial charge in [0.15, 0.2) is 0 Å². The SMILES string of the molecule is C=C(C#N)C(CCCCC)C(C)O. The van der Waals surface area contributed by atoms with Crippen molar-refractivity contribution in [2.24, 2.45) is 5.92 Å². The minimum Gasteiger partial charge on any atom is -0.393 e. The first kappa shape index (κ1) is 12.2. The maximum absolute atomic E-state index is 9.40. The van der Waals surface area contributed by atoms with Crippen molar-refractivity contribution >= 4 is 0 Å². The maximum atomic E-state index is 9.40. The van der Waals surface area contributed by atoms with Gasteiger partial charge in [-0.25, -0.2) is 0 Å². The molecule has 0 bridgehead atoms. The quantitative estimate of drug-likeness (QED) is 0.505. The van der Waals surface area contributed by atoms with Gasteiger partial charge in [0, 0.05) is 11.5 Å².